The summed E-state index contributed by atoms with van der Waals surface area (Å²) in [6.45, 7) is 1.08. The molecular weight excluding hydrogens is 380 g/mol. The van der Waals surface area contributed by atoms with Crippen molar-refractivity contribution in [2.45, 2.75) is 17.9 Å². The molecule has 0 heterocycles. The number of primary sulfonamides is 1. The Balaban J connectivity index is 1.89. The van der Waals surface area contributed by atoms with Gasteiger partial charge in [0.2, 0.25) is 10.0 Å². The quantitative estimate of drug-likeness (QED) is 0.449. The van der Waals surface area contributed by atoms with E-state index < -0.39 is 10.0 Å². The van der Waals surface area contributed by atoms with E-state index in [0.29, 0.717) is 30.5 Å². The molecule has 152 valence electrons. The molecular formula is C19H26N4O4S. The van der Waals surface area contributed by atoms with Gasteiger partial charge in [-0.1, -0.05) is 18.2 Å². The van der Waals surface area contributed by atoms with Gasteiger partial charge < -0.3 is 20.1 Å². The van der Waals surface area contributed by atoms with E-state index in [2.05, 4.69) is 15.6 Å². The smallest absolute Gasteiger partial charge is 0.238 e. The third-order valence-corrected chi connectivity index (χ3v) is 4.98. The molecule has 0 atom stereocenters. The summed E-state index contributed by atoms with van der Waals surface area (Å²) in [7, 11) is 1.17. The van der Waals surface area contributed by atoms with Gasteiger partial charge in [-0.15, -0.1) is 0 Å². The second-order valence-corrected chi connectivity index (χ2v) is 7.55. The lowest BCUT2D eigenvalue weighted by atomic mass is 10.1. The number of nitrogens with two attached hydrogens (primary N) is 1. The number of methoxy groups -OCH3 is 2. The molecule has 0 radical (unpaired) electrons. The first-order valence-electron chi connectivity index (χ1n) is 8.64. The number of nitrogens with one attached hydrogen (secondary N) is 2. The molecule has 0 fully saturated rings. The zero-order valence-corrected chi connectivity index (χ0v) is 17.0. The normalized spacial score (nSPS) is 11.8. The van der Waals surface area contributed by atoms with E-state index in [-0.39, 0.29) is 4.90 Å². The second kappa shape index (κ2) is 9.95. The maximum Gasteiger partial charge on any atom is 0.238 e. The fourth-order valence-electron chi connectivity index (χ4n) is 2.60. The number of benzene rings is 2. The van der Waals surface area contributed by atoms with E-state index in [1.807, 2.05) is 24.3 Å². The molecule has 2 rings (SSSR count). The zero-order chi connectivity index (χ0) is 20.6. The maximum absolute atomic E-state index is 11.4. The van der Waals surface area contributed by atoms with E-state index >= 15 is 0 Å². The number of rotatable bonds is 8. The fourth-order valence-corrected chi connectivity index (χ4v) is 3.18. The summed E-state index contributed by atoms with van der Waals surface area (Å²) >= 11 is 0. The van der Waals surface area contributed by atoms with Crippen molar-refractivity contribution < 1.29 is 17.9 Å². The molecule has 2 aromatic rings. The molecule has 4 N–H and O–H groups in total. The lowest BCUT2D eigenvalue weighted by Gasteiger charge is -2.13. The van der Waals surface area contributed by atoms with E-state index in [0.717, 1.165) is 17.5 Å². The summed E-state index contributed by atoms with van der Waals surface area (Å²) in [5.74, 6) is 2.00. The minimum Gasteiger partial charge on any atom is -0.493 e. The van der Waals surface area contributed by atoms with E-state index in [9.17, 15) is 8.42 Å². The molecule has 8 nitrogen and oxygen atoms in total. The van der Waals surface area contributed by atoms with Crippen LogP contribution in [0.5, 0.6) is 11.5 Å². The topological polar surface area (TPSA) is 115 Å². The Morgan fingerprint density at radius 3 is 2.43 bits per heavy atom. The number of ether oxygens (including phenoxy) is 2. The van der Waals surface area contributed by atoms with Crippen LogP contribution in [-0.2, 0) is 23.0 Å². The molecule has 0 aliphatic heterocycles. The number of nitrogens with zero attached hydrogens (tertiary/aromatic N) is 1. The highest BCUT2D eigenvalue weighted by Gasteiger charge is 2.08. The molecule has 0 aliphatic carbocycles. The molecule has 0 amide bonds. The number of aliphatic imine (C=N–C) groups is 1. The van der Waals surface area contributed by atoms with Crippen molar-refractivity contribution in [1.29, 1.82) is 0 Å². The summed E-state index contributed by atoms with van der Waals surface area (Å²) in [4.78, 5) is 4.26. The highest BCUT2D eigenvalue weighted by atomic mass is 32.2. The molecule has 0 saturated carbocycles. The minimum absolute atomic E-state index is 0.0863. The SMILES string of the molecule is CN=C(NCCc1ccc(OC)c(OC)c1)NCc1cccc(S(N)(=O)=O)c1. The Morgan fingerprint density at radius 2 is 1.79 bits per heavy atom. The van der Waals surface area contributed by atoms with Crippen LogP contribution in [0.2, 0.25) is 0 Å². The predicted octanol–water partition coefficient (Wildman–Crippen LogP) is 1.26. The van der Waals surface area contributed by atoms with Gasteiger partial charge in [-0.2, -0.15) is 0 Å². The molecule has 0 aliphatic rings. The Bertz CT molecular complexity index is 929. The number of hydrogen-bond acceptors (Lipinski definition) is 5. The number of hydrogen-bond donors (Lipinski definition) is 3. The summed E-state index contributed by atoms with van der Waals surface area (Å²) in [6, 6.07) is 12.3. The van der Waals surface area contributed by atoms with Crippen LogP contribution in [0.1, 0.15) is 11.1 Å². The van der Waals surface area contributed by atoms with Crippen LogP contribution in [0.15, 0.2) is 52.4 Å². The monoisotopic (exact) mass is 406 g/mol. The van der Waals surface area contributed by atoms with Crippen LogP contribution in [-0.4, -0.2) is 42.2 Å². The largest absolute Gasteiger partial charge is 0.493 e. The number of guanidine groups is 1. The Labute approximate surface area is 165 Å². The van der Waals surface area contributed by atoms with Gasteiger partial charge in [0.25, 0.3) is 0 Å². The maximum atomic E-state index is 11.4. The van der Waals surface area contributed by atoms with Crippen molar-refractivity contribution >= 4 is 16.0 Å². The first kappa shape index (κ1) is 21.5. The second-order valence-electron chi connectivity index (χ2n) is 5.98. The third-order valence-electron chi connectivity index (χ3n) is 4.06. The van der Waals surface area contributed by atoms with Crippen LogP contribution >= 0.6 is 0 Å². The van der Waals surface area contributed by atoms with Gasteiger partial charge in [-0.05, 0) is 41.8 Å². The standard InChI is InChI=1S/C19H26N4O4S/c1-21-19(23-13-15-5-4-6-16(11-15)28(20,24)25)22-10-9-14-7-8-17(26-2)18(12-14)27-3/h4-8,11-12H,9-10,13H2,1-3H3,(H2,20,24,25)(H2,21,22,23). The molecule has 0 spiro atoms. The summed E-state index contributed by atoms with van der Waals surface area (Å²) in [5, 5.41) is 11.5. The van der Waals surface area contributed by atoms with Crippen LogP contribution in [0.3, 0.4) is 0 Å². The van der Waals surface area contributed by atoms with Gasteiger partial charge in [-0.3, -0.25) is 4.99 Å². The van der Waals surface area contributed by atoms with Crippen molar-refractivity contribution in [2.75, 3.05) is 27.8 Å². The molecule has 0 saturated heterocycles. The van der Waals surface area contributed by atoms with Crippen molar-refractivity contribution in [2.24, 2.45) is 10.1 Å². The molecule has 9 heteroatoms. The van der Waals surface area contributed by atoms with Crippen LogP contribution in [0.25, 0.3) is 0 Å². The number of sulfonamides is 1. The fraction of sp³-hybridized carbons (Fsp3) is 0.316. The summed E-state index contributed by atoms with van der Waals surface area (Å²) in [6.07, 6.45) is 0.766. The summed E-state index contributed by atoms with van der Waals surface area (Å²) in [5.41, 5.74) is 1.89. The Morgan fingerprint density at radius 1 is 1.04 bits per heavy atom. The minimum atomic E-state index is -3.72. The van der Waals surface area contributed by atoms with Crippen molar-refractivity contribution in [3.63, 3.8) is 0 Å². The van der Waals surface area contributed by atoms with Crippen LogP contribution < -0.4 is 25.2 Å². The van der Waals surface area contributed by atoms with Crippen molar-refractivity contribution in [3.05, 3.63) is 53.6 Å². The van der Waals surface area contributed by atoms with E-state index in [4.69, 9.17) is 14.6 Å². The Hall–Kier alpha value is -2.78. The van der Waals surface area contributed by atoms with E-state index in [1.54, 1.807) is 33.4 Å². The average Bonchev–Trinajstić information content (AvgIpc) is 2.69. The molecule has 28 heavy (non-hydrogen) atoms. The van der Waals surface area contributed by atoms with Crippen LogP contribution in [0.4, 0.5) is 0 Å². The molecule has 0 unspecified atom stereocenters. The molecule has 0 aromatic heterocycles. The van der Waals surface area contributed by atoms with Crippen molar-refractivity contribution in [3.8, 4) is 11.5 Å². The molecule has 0 bridgehead atoms. The first-order valence-corrected chi connectivity index (χ1v) is 10.2. The van der Waals surface area contributed by atoms with Gasteiger partial charge in [0.15, 0.2) is 17.5 Å². The Kier molecular flexibility index (Phi) is 7.65. The van der Waals surface area contributed by atoms with Crippen LogP contribution in [0, 0.1) is 0 Å². The first-order chi connectivity index (χ1) is 13.4. The highest BCUT2D eigenvalue weighted by Crippen LogP contribution is 2.27. The lowest BCUT2D eigenvalue weighted by molar-refractivity contribution is 0.354. The third kappa shape index (κ3) is 6.14. The van der Waals surface area contributed by atoms with Crippen molar-refractivity contribution in [1.82, 2.24) is 10.6 Å². The zero-order valence-electron chi connectivity index (χ0n) is 16.2. The predicted molar refractivity (Wildman–Crippen MR) is 109 cm³/mol. The van der Waals surface area contributed by atoms with Gasteiger partial charge in [0.05, 0.1) is 19.1 Å². The summed E-state index contributed by atoms with van der Waals surface area (Å²) < 4.78 is 33.4. The van der Waals surface area contributed by atoms with Gasteiger partial charge in [-0.25, -0.2) is 13.6 Å². The van der Waals surface area contributed by atoms with Gasteiger partial charge >= 0.3 is 0 Å². The highest BCUT2D eigenvalue weighted by molar-refractivity contribution is 7.89. The van der Waals surface area contributed by atoms with Gasteiger partial charge in [0.1, 0.15) is 0 Å². The van der Waals surface area contributed by atoms with E-state index in [1.165, 1.54) is 6.07 Å². The average molecular weight is 407 g/mol. The van der Waals surface area contributed by atoms with Gasteiger partial charge in [0, 0.05) is 20.1 Å². The lowest BCUT2D eigenvalue weighted by Crippen LogP contribution is -2.37. The molecule has 2 aromatic carbocycles.